The number of rotatable bonds is 11. The van der Waals surface area contributed by atoms with Crippen molar-refractivity contribution in [1.82, 2.24) is 5.32 Å². The summed E-state index contributed by atoms with van der Waals surface area (Å²) in [7, 11) is 0. The standard InChI is InChI=1S/C15H31NO2/c1-5-8-9-10-11-12-14(15(17)18-7-3)16-13(4)6-2/h13-14,16H,5-12H2,1-4H3. The van der Waals surface area contributed by atoms with Gasteiger partial charge >= 0.3 is 5.97 Å². The van der Waals surface area contributed by atoms with Gasteiger partial charge in [0.1, 0.15) is 6.04 Å². The van der Waals surface area contributed by atoms with Crippen molar-refractivity contribution < 1.29 is 9.53 Å². The monoisotopic (exact) mass is 257 g/mol. The first-order chi connectivity index (χ1) is 8.65. The van der Waals surface area contributed by atoms with Gasteiger partial charge in [0.2, 0.25) is 0 Å². The summed E-state index contributed by atoms with van der Waals surface area (Å²) >= 11 is 0. The number of ether oxygens (including phenoxy) is 1. The van der Waals surface area contributed by atoms with E-state index in [-0.39, 0.29) is 12.0 Å². The SMILES string of the molecule is CCCCCCCC(NC(C)CC)C(=O)OCC. The number of carbonyl (C=O) groups is 1. The summed E-state index contributed by atoms with van der Waals surface area (Å²) < 4.78 is 5.13. The zero-order chi connectivity index (χ0) is 13.8. The Hall–Kier alpha value is -0.570. The maximum Gasteiger partial charge on any atom is 0.323 e. The number of hydrogen-bond donors (Lipinski definition) is 1. The second-order valence-corrected chi connectivity index (χ2v) is 4.98. The molecule has 2 atom stereocenters. The molecule has 3 nitrogen and oxygen atoms in total. The number of carbonyl (C=O) groups excluding carboxylic acids is 1. The predicted molar refractivity (Wildman–Crippen MR) is 76.7 cm³/mol. The van der Waals surface area contributed by atoms with Crippen LogP contribution in [0.15, 0.2) is 0 Å². The molecule has 0 bridgehead atoms. The van der Waals surface area contributed by atoms with Crippen molar-refractivity contribution in [3.8, 4) is 0 Å². The Balaban J connectivity index is 4.00. The van der Waals surface area contributed by atoms with Crippen LogP contribution in [0.25, 0.3) is 0 Å². The number of hydrogen-bond acceptors (Lipinski definition) is 3. The van der Waals surface area contributed by atoms with E-state index < -0.39 is 0 Å². The molecule has 0 aromatic rings. The zero-order valence-corrected chi connectivity index (χ0v) is 12.6. The molecule has 0 fully saturated rings. The van der Waals surface area contributed by atoms with Crippen LogP contribution in [0.5, 0.6) is 0 Å². The van der Waals surface area contributed by atoms with Crippen LogP contribution in [-0.2, 0) is 9.53 Å². The summed E-state index contributed by atoms with van der Waals surface area (Å²) in [6, 6.07) is 0.247. The van der Waals surface area contributed by atoms with Crippen molar-refractivity contribution in [1.29, 1.82) is 0 Å². The minimum absolute atomic E-state index is 0.0895. The molecule has 108 valence electrons. The molecule has 0 aliphatic heterocycles. The van der Waals surface area contributed by atoms with Crippen molar-refractivity contribution in [3.05, 3.63) is 0 Å². The fraction of sp³-hybridized carbons (Fsp3) is 0.933. The van der Waals surface area contributed by atoms with Crippen LogP contribution in [0, 0.1) is 0 Å². The quantitative estimate of drug-likeness (QED) is 0.453. The molecule has 0 aromatic carbocycles. The van der Waals surface area contributed by atoms with E-state index >= 15 is 0 Å². The average molecular weight is 257 g/mol. The van der Waals surface area contributed by atoms with Gasteiger partial charge in [-0.25, -0.2) is 0 Å². The van der Waals surface area contributed by atoms with Gasteiger partial charge < -0.3 is 10.1 Å². The zero-order valence-electron chi connectivity index (χ0n) is 12.6. The van der Waals surface area contributed by atoms with Crippen molar-refractivity contribution in [3.63, 3.8) is 0 Å². The third-order valence-corrected chi connectivity index (χ3v) is 3.27. The smallest absolute Gasteiger partial charge is 0.323 e. The van der Waals surface area contributed by atoms with E-state index in [2.05, 4.69) is 26.1 Å². The van der Waals surface area contributed by atoms with Crippen LogP contribution in [0.1, 0.15) is 72.6 Å². The van der Waals surface area contributed by atoms with E-state index in [9.17, 15) is 4.79 Å². The first kappa shape index (κ1) is 17.4. The molecule has 2 unspecified atom stereocenters. The Morgan fingerprint density at radius 3 is 2.33 bits per heavy atom. The first-order valence-electron chi connectivity index (χ1n) is 7.58. The Bertz CT molecular complexity index is 207. The maximum absolute atomic E-state index is 11.8. The molecule has 0 rings (SSSR count). The van der Waals surface area contributed by atoms with Gasteiger partial charge in [0, 0.05) is 6.04 Å². The van der Waals surface area contributed by atoms with Gasteiger partial charge in [-0.05, 0) is 26.7 Å². The van der Waals surface area contributed by atoms with E-state index in [0.717, 1.165) is 19.3 Å². The third-order valence-electron chi connectivity index (χ3n) is 3.27. The molecule has 0 aromatic heterocycles. The van der Waals surface area contributed by atoms with E-state index in [4.69, 9.17) is 4.74 Å². The number of nitrogens with one attached hydrogen (secondary N) is 1. The van der Waals surface area contributed by atoms with Gasteiger partial charge in [-0.2, -0.15) is 0 Å². The molecule has 0 aliphatic carbocycles. The summed E-state index contributed by atoms with van der Waals surface area (Å²) in [4.78, 5) is 11.8. The minimum atomic E-state index is -0.124. The van der Waals surface area contributed by atoms with Crippen molar-refractivity contribution in [2.75, 3.05) is 6.61 Å². The van der Waals surface area contributed by atoms with Crippen molar-refractivity contribution in [2.45, 2.75) is 84.7 Å². The van der Waals surface area contributed by atoms with E-state index in [0.29, 0.717) is 12.6 Å². The number of unbranched alkanes of at least 4 members (excludes halogenated alkanes) is 4. The lowest BCUT2D eigenvalue weighted by Crippen LogP contribution is -2.42. The lowest BCUT2D eigenvalue weighted by Gasteiger charge is -2.21. The molecule has 0 saturated heterocycles. The molecule has 0 heterocycles. The van der Waals surface area contributed by atoms with Crippen LogP contribution < -0.4 is 5.32 Å². The van der Waals surface area contributed by atoms with Crippen LogP contribution >= 0.6 is 0 Å². The van der Waals surface area contributed by atoms with Gasteiger partial charge in [0.05, 0.1) is 6.61 Å². The first-order valence-corrected chi connectivity index (χ1v) is 7.58. The average Bonchev–Trinajstić information content (AvgIpc) is 2.37. The highest BCUT2D eigenvalue weighted by Crippen LogP contribution is 2.09. The Morgan fingerprint density at radius 2 is 1.78 bits per heavy atom. The van der Waals surface area contributed by atoms with Crippen LogP contribution in [0.2, 0.25) is 0 Å². The molecule has 1 N–H and O–H groups in total. The van der Waals surface area contributed by atoms with Crippen LogP contribution in [0.4, 0.5) is 0 Å². The maximum atomic E-state index is 11.8. The van der Waals surface area contributed by atoms with Gasteiger partial charge in [-0.1, -0.05) is 46.0 Å². The van der Waals surface area contributed by atoms with Crippen LogP contribution in [-0.4, -0.2) is 24.7 Å². The Morgan fingerprint density at radius 1 is 1.11 bits per heavy atom. The molecule has 18 heavy (non-hydrogen) atoms. The van der Waals surface area contributed by atoms with Crippen molar-refractivity contribution >= 4 is 5.97 Å². The Kier molecular flexibility index (Phi) is 11.2. The van der Waals surface area contributed by atoms with E-state index in [1.165, 1.54) is 25.7 Å². The molecule has 0 spiro atoms. The molecular formula is C15H31NO2. The Labute approximate surface area is 113 Å². The van der Waals surface area contributed by atoms with E-state index in [1.807, 2.05) is 6.92 Å². The normalized spacial score (nSPS) is 14.2. The minimum Gasteiger partial charge on any atom is -0.465 e. The summed E-state index contributed by atoms with van der Waals surface area (Å²) in [6.45, 7) is 8.78. The van der Waals surface area contributed by atoms with E-state index in [1.54, 1.807) is 0 Å². The summed E-state index contributed by atoms with van der Waals surface area (Å²) in [5.41, 5.74) is 0. The molecule has 0 aliphatic rings. The lowest BCUT2D eigenvalue weighted by atomic mass is 10.1. The number of esters is 1. The second-order valence-electron chi connectivity index (χ2n) is 4.98. The molecular weight excluding hydrogens is 226 g/mol. The fourth-order valence-electron chi connectivity index (χ4n) is 1.93. The van der Waals surface area contributed by atoms with Gasteiger partial charge in [-0.3, -0.25) is 4.79 Å². The van der Waals surface area contributed by atoms with Gasteiger partial charge in [-0.15, -0.1) is 0 Å². The molecule has 3 heteroatoms. The van der Waals surface area contributed by atoms with Gasteiger partial charge in [0.25, 0.3) is 0 Å². The molecule has 0 radical (unpaired) electrons. The summed E-state index contributed by atoms with van der Waals surface area (Å²) in [5.74, 6) is -0.0895. The fourth-order valence-corrected chi connectivity index (χ4v) is 1.93. The molecule has 0 saturated carbocycles. The summed E-state index contributed by atoms with van der Waals surface area (Å²) in [6.07, 6.45) is 8.07. The molecule has 0 amide bonds. The highest BCUT2D eigenvalue weighted by molar-refractivity contribution is 5.75. The summed E-state index contributed by atoms with van der Waals surface area (Å²) in [5, 5.41) is 3.37. The predicted octanol–water partition coefficient (Wildman–Crippen LogP) is 3.67. The van der Waals surface area contributed by atoms with Crippen LogP contribution in [0.3, 0.4) is 0 Å². The highest BCUT2D eigenvalue weighted by Gasteiger charge is 2.20. The largest absolute Gasteiger partial charge is 0.465 e. The van der Waals surface area contributed by atoms with Crippen molar-refractivity contribution in [2.24, 2.45) is 0 Å². The van der Waals surface area contributed by atoms with Gasteiger partial charge in [0.15, 0.2) is 0 Å². The third kappa shape index (κ3) is 8.51. The second kappa shape index (κ2) is 11.5. The lowest BCUT2D eigenvalue weighted by molar-refractivity contribution is -0.146. The highest BCUT2D eigenvalue weighted by atomic mass is 16.5. The topological polar surface area (TPSA) is 38.3 Å².